The first-order valence-electron chi connectivity index (χ1n) is 19.6. The summed E-state index contributed by atoms with van der Waals surface area (Å²) in [5.74, 6) is 0. The van der Waals surface area contributed by atoms with Crippen molar-refractivity contribution < 1.29 is 0 Å². The first-order chi connectivity index (χ1) is 28.3. The second-order valence-corrected chi connectivity index (χ2v) is 15.9. The molecule has 0 saturated heterocycles. The van der Waals surface area contributed by atoms with Crippen LogP contribution < -0.4 is 4.90 Å². The number of anilines is 3. The summed E-state index contributed by atoms with van der Waals surface area (Å²) in [5, 5.41) is 2.57. The summed E-state index contributed by atoms with van der Waals surface area (Å²) in [7, 11) is 0. The van der Waals surface area contributed by atoms with Gasteiger partial charge in [0.25, 0.3) is 0 Å². The van der Waals surface area contributed by atoms with E-state index < -0.39 is 5.41 Å². The SMILES string of the molecule is c1ccc(-c2ccc(N(c3ccc4sc5ccccc5c4c3)c3cc4c(cc3-c3ccccc3)C(c3ccccc3)(c3ccccc3)c3ccccc3-4)cc2)cc1. The molecular formula is C55H37NS. The van der Waals surface area contributed by atoms with Gasteiger partial charge in [-0.3, -0.25) is 0 Å². The molecule has 11 rings (SSSR count). The minimum Gasteiger partial charge on any atom is -0.310 e. The topological polar surface area (TPSA) is 3.24 Å². The zero-order valence-corrected chi connectivity index (χ0v) is 32.0. The number of thiophene rings is 1. The van der Waals surface area contributed by atoms with Gasteiger partial charge in [-0.25, -0.2) is 0 Å². The molecule has 0 radical (unpaired) electrons. The maximum Gasteiger partial charge on any atom is 0.0713 e. The molecule has 1 heterocycles. The Morgan fingerprint density at radius 3 is 1.58 bits per heavy atom. The van der Waals surface area contributed by atoms with Crippen molar-refractivity contribution in [3.05, 3.63) is 247 Å². The van der Waals surface area contributed by atoms with E-state index >= 15 is 0 Å². The monoisotopic (exact) mass is 743 g/mol. The summed E-state index contributed by atoms with van der Waals surface area (Å²) >= 11 is 1.86. The van der Waals surface area contributed by atoms with Crippen LogP contribution in [0.4, 0.5) is 17.1 Å². The highest BCUT2D eigenvalue weighted by Gasteiger charge is 2.46. The quantitative estimate of drug-likeness (QED) is 0.157. The number of hydrogen-bond acceptors (Lipinski definition) is 2. The van der Waals surface area contributed by atoms with E-state index in [2.05, 4.69) is 229 Å². The van der Waals surface area contributed by atoms with Crippen LogP contribution in [-0.2, 0) is 5.41 Å². The highest BCUT2D eigenvalue weighted by Crippen LogP contribution is 2.59. The van der Waals surface area contributed by atoms with E-state index in [1.807, 2.05) is 11.3 Å². The predicted octanol–water partition coefficient (Wildman–Crippen LogP) is 15.2. The maximum absolute atomic E-state index is 2.50. The molecular weight excluding hydrogens is 707 g/mol. The van der Waals surface area contributed by atoms with Gasteiger partial charge in [0.05, 0.1) is 11.1 Å². The number of rotatable bonds is 7. The Bertz CT molecular complexity index is 3000. The van der Waals surface area contributed by atoms with Crippen LogP contribution in [0.15, 0.2) is 224 Å². The van der Waals surface area contributed by atoms with Gasteiger partial charge in [0.2, 0.25) is 0 Å². The molecule has 0 amide bonds. The lowest BCUT2D eigenvalue weighted by Crippen LogP contribution is -2.28. The highest BCUT2D eigenvalue weighted by atomic mass is 32.1. The summed E-state index contributed by atoms with van der Waals surface area (Å²) in [6, 6.07) is 82.7. The van der Waals surface area contributed by atoms with Crippen molar-refractivity contribution in [2.75, 3.05) is 4.90 Å². The molecule has 0 unspecified atom stereocenters. The van der Waals surface area contributed by atoms with Crippen molar-refractivity contribution in [2.45, 2.75) is 5.41 Å². The summed E-state index contributed by atoms with van der Waals surface area (Å²) in [6.45, 7) is 0. The Morgan fingerprint density at radius 1 is 0.333 bits per heavy atom. The fourth-order valence-corrected chi connectivity index (χ4v) is 10.3. The molecule has 0 saturated carbocycles. The van der Waals surface area contributed by atoms with Gasteiger partial charge in [-0.15, -0.1) is 11.3 Å². The van der Waals surface area contributed by atoms with Gasteiger partial charge >= 0.3 is 0 Å². The molecule has 0 spiro atoms. The molecule has 0 atom stereocenters. The van der Waals surface area contributed by atoms with Crippen molar-refractivity contribution in [3.63, 3.8) is 0 Å². The Morgan fingerprint density at radius 2 is 0.877 bits per heavy atom. The molecule has 1 aromatic heterocycles. The van der Waals surface area contributed by atoms with Crippen LogP contribution in [0, 0.1) is 0 Å². The van der Waals surface area contributed by atoms with Crippen molar-refractivity contribution >= 4 is 48.6 Å². The number of nitrogens with zero attached hydrogens (tertiary/aromatic N) is 1. The van der Waals surface area contributed by atoms with E-state index in [1.165, 1.54) is 75.8 Å². The van der Waals surface area contributed by atoms with Gasteiger partial charge in [-0.2, -0.15) is 0 Å². The maximum atomic E-state index is 2.50. The van der Waals surface area contributed by atoms with Crippen LogP contribution >= 0.6 is 11.3 Å². The predicted molar refractivity (Wildman–Crippen MR) is 242 cm³/mol. The van der Waals surface area contributed by atoms with Crippen LogP contribution in [0.3, 0.4) is 0 Å². The first-order valence-corrected chi connectivity index (χ1v) is 20.4. The molecule has 10 aromatic rings. The second kappa shape index (κ2) is 13.6. The summed E-state index contributed by atoms with van der Waals surface area (Å²) < 4.78 is 2.60. The van der Waals surface area contributed by atoms with Gasteiger partial charge in [0, 0.05) is 37.1 Å². The first kappa shape index (κ1) is 33.3. The lowest BCUT2D eigenvalue weighted by molar-refractivity contribution is 0.769. The van der Waals surface area contributed by atoms with Gasteiger partial charge in [-0.05, 0) is 98.6 Å². The summed E-state index contributed by atoms with van der Waals surface area (Å²) in [6.07, 6.45) is 0. The van der Waals surface area contributed by atoms with Crippen LogP contribution in [0.1, 0.15) is 22.3 Å². The van der Waals surface area contributed by atoms with Gasteiger partial charge < -0.3 is 4.90 Å². The molecule has 0 bridgehead atoms. The molecule has 57 heavy (non-hydrogen) atoms. The van der Waals surface area contributed by atoms with Crippen molar-refractivity contribution in [2.24, 2.45) is 0 Å². The molecule has 1 aliphatic carbocycles. The van der Waals surface area contributed by atoms with Crippen molar-refractivity contribution in [3.8, 4) is 33.4 Å². The molecule has 0 N–H and O–H groups in total. The Kier molecular flexibility index (Phi) is 7.98. The minimum absolute atomic E-state index is 0.507. The average molecular weight is 744 g/mol. The number of fused-ring (bicyclic) bond motifs is 6. The standard InChI is InChI=1S/C55H37NS/c1-5-17-38(18-6-1)39-29-31-43(32-30-39)56(44-33-34-54-49(35-44)46-26-14-16-28-53(46)57-54)52-37-48-45-25-13-15-27-50(45)55(41-21-9-3-10-22-41,42-23-11-4-12-24-42)51(48)36-47(52)40-19-7-2-8-20-40/h1-37H. The van der Waals surface area contributed by atoms with E-state index in [-0.39, 0.29) is 0 Å². The molecule has 0 aliphatic heterocycles. The van der Waals surface area contributed by atoms with Crippen LogP contribution in [-0.4, -0.2) is 0 Å². The lowest BCUT2D eigenvalue weighted by Gasteiger charge is -2.35. The molecule has 9 aromatic carbocycles. The molecule has 2 heteroatoms. The minimum atomic E-state index is -0.507. The van der Waals surface area contributed by atoms with E-state index in [4.69, 9.17) is 0 Å². The molecule has 1 aliphatic rings. The van der Waals surface area contributed by atoms with E-state index in [0.717, 1.165) is 17.1 Å². The largest absolute Gasteiger partial charge is 0.310 e. The molecule has 1 nitrogen and oxygen atoms in total. The average Bonchev–Trinajstić information content (AvgIpc) is 3.81. The smallest absolute Gasteiger partial charge is 0.0713 e. The Hall–Kier alpha value is -7.00. The third-order valence-electron chi connectivity index (χ3n) is 11.8. The summed E-state index contributed by atoms with van der Waals surface area (Å²) in [4.78, 5) is 2.48. The fourth-order valence-electron chi connectivity index (χ4n) is 9.22. The molecule has 0 fully saturated rings. The van der Waals surface area contributed by atoms with Crippen molar-refractivity contribution in [1.82, 2.24) is 0 Å². The van der Waals surface area contributed by atoms with Crippen LogP contribution in [0.5, 0.6) is 0 Å². The normalized spacial score (nSPS) is 12.7. The Labute approximate surface area is 337 Å². The van der Waals surface area contributed by atoms with Gasteiger partial charge in [0.1, 0.15) is 0 Å². The van der Waals surface area contributed by atoms with E-state index in [1.54, 1.807) is 0 Å². The highest BCUT2D eigenvalue weighted by molar-refractivity contribution is 7.25. The van der Waals surface area contributed by atoms with E-state index in [0.29, 0.717) is 0 Å². The number of benzene rings is 9. The Balaban J connectivity index is 1.23. The van der Waals surface area contributed by atoms with Gasteiger partial charge in [-0.1, -0.05) is 176 Å². The lowest BCUT2D eigenvalue weighted by atomic mass is 9.67. The van der Waals surface area contributed by atoms with Crippen LogP contribution in [0.2, 0.25) is 0 Å². The van der Waals surface area contributed by atoms with Crippen molar-refractivity contribution in [1.29, 1.82) is 0 Å². The summed E-state index contributed by atoms with van der Waals surface area (Å²) in [5.41, 5.74) is 15.3. The fraction of sp³-hybridized carbons (Fsp3) is 0.0182. The zero-order valence-electron chi connectivity index (χ0n) is 31.2. The third-order valence-corrected chi connectivity index (χ3v) is 12.9. The molecule has 268 valence electrons. The second-order valence-electron chi connectivity index (χ2n) is 14.8. The van der Waals surface area contributed by atoms with Crippen LogP contribution in [0.25, 0.3) is 53.6 Å². The number of hydrogen-bond donors (Lipinski definition) is 0. The third kappa shape index (κ3) is 5.37. The van der Waals surface area contributed by atoms with E-state index in [9.17, 15) is 0 Å². The zero-order chi connectivity index (χ0) is 37.8. The van der Waals surface area contributed by atoms with Gasteiger partial charge in [0.15, 0.2) is 0 Å².